The van der Waals surface area contributed by atoms with Gasteiger partial charge in [0, 0.05) is 6.54 Å². The summed E-state index contributed by atoms with van der Waals surface area (Å²) in [5.41, 5.74) is 4.92. The van der Waals surface area contributed by atoms with Gasteiger partial charge in [-0.05, 0) is 31.0 Å². The van der Waals surface area contributed by atoms with Crippen LogP contribution in [0.15, 0.2) is 24.3 Å². The molecule has 0 atom stereocenters. The Morgan fingerprint density at radius 1 is 1.26 bits per heavy atom. The van der Waals surface area contributed by atoms with E-state index in [-0.39, 0.29) is 12.3 Å². The molecule has 0 aliphatic heterocycles. The first-order valence-electron chi connectivity index (χ1n) is 6.06. The third kappa shape index (κ3) is 5.74. The maximum Gasteiger partial charge on any atom is 0.416 e. The Morgan fingerprint density at radius 2 is 2.00 bits per heavy atom. The molecule has 106 valence electrons. The summed E-state index contributed by atoms with van der Waals surface area (Å²) in [5.74, 6) is -0.281. The number of rotatable bonds is 6. The molecule has 0 spiro atoms. The van der Waals surface area contributed by atoms with Crippen molar-refractivity contribution in [1.82, 2.24) is 5.32 Å². The van der Waals surface area contributed by atoms with Crippen LogP contribution in [-0.2, 0) is 17.4 Å². The van der Waals surface area contributed by atoms with Crippen LogP contribution in [0.5, 0.6) is 0 Å². The highest BCUT2D eigenvalue weighted by Crippen LogP contribution is 2.29. The Labute approximate surface area is 110 Å². The first-order chi connectivity index (χ1) is 8.93. The summed E-state index contributed by atoms with van der Waals surface area (Å²) in [6, 6.07) is 4.80. The van der Waals surface area contributed by atoms with Crippen LogP contribution in [0.4, 0.5) is 13.2 Å². The predicted molar refractivity (Wildman–Crippen MR) is 66.4 cm³/mol. The van der Waals surface area contributed by atoms with Crippen molar-refractivity contribution in [1.29, 1.82) is 0 Å². The number of carbonyl (C=O) groups is 1. The number of nitrogens with one attached hydrogen (secondary N) is 1. The molecule has 0 unspecified atom stereocenters. The van der Waals surface area contributed by atoms with Crippen molar-refractivity contribution in [3.05, 3.63) is 35.4 Å². The van der Waals surface area contributed by atoms with Crippen molar-refractivity contribution >= 4 is 5.91 Å². The van der Waals surface area contributed by atoms with Crippen molar-refractivity contribution in [3.63, 3.8) is 0 Å². The van der Waals surface area contributed by atoms with Gasteiger partial charge in [-0.15, -0.1) is 0 Å². The van der Waals surface area contributed by atoms with Gasteiger partial charge in [0.25, 0.3) is 0 Å². The summed E-state index contributed by atoms with van der Waals surface area (Å²) >= 11 is 0. The summed E-state index contributed by atoms with van der Waals surface area (Å²) < 4.78 is 37.4. The monoisotopic (exact) mass is 274 g/mol. The second-order valence-corrected chi connectivity index (χ2v) is 4.22. The fourth-order valence-electron chi connectivity index (χ4n) is 1.60. The first-order valence-corrected chi connectivity index (χ1v) is 6.06. The van der Waals surface area contributed by atoms with E-state index < -0.39 is 11.7 Å². The standard InChI is InChI=1S/C13H17F3N2O/c14-13(15,16)11-5-3-4-10(8-11)9-12(19)18-7-2-1-6-17/h3-5,8H,1-2,6-7,9,17H2,(H,18,19). The Kier molecular flexibility index (Phi) is 5.82. The molecule has 1 rings (SSSR count). The topological polar surface area (TPSA) is 55.1 Å². The van der Waals surface area contributed by atoms with Crippen molar-refractivity contribution < 1.29 is 18.0 Å². The van der Waals surface area contributed by atoms with Crippen LogP contribution in [0, 0.1) is 0 Å². The third-order valence-electron chi connectivity index (χ3n) is 2.57. The van der Waals surface area contributed by atoms with Crippen LogP contribution in [0.2, 0.25) is 0 Å². The van der Waals surface area contributed by atoms with E-state index in [1.807, 2.05) is 0 Å². The average Bonchev–Trinajstić information content (AvgIpc) is 2.34. The third-order valence-corrected chi connectivity index (χ3v) is 2.57. The predicted octanol–water partition coefficient (Wildman–Crippen LogP) is 2.10. The van der Waals surface area contributed by atoms with Gasteiger partial charge in [0.05, 0.1) is 12.0 Å². The molecular formula is C13H17F3N2O. The van der Waals surface area contributed by atoms with Gasteiger partial charge >= 0.3 is 6.18 Å². The van der Waals surface area contributed by atoms with Gasteiger partial charge in [-0.1, -0.05) is 18.2 Å². The molecule has 3 nitrogen and oxygen atoms in total. The van der Waals surface area contributed by atoms with E-state index in [0.29, 0.717) is 18.7 Å². The summed E-state index contributed by atoms with van der Waals surface area (Å²) in [5, 5.41) is 2.65. The highest BCUT2D eigenvalue weighted by atomic mass is 19.4. The highest BCUT2D eigenvalue weighted by Gasteiger charge is 2.30. The maximum atomic E-state index is 12.5. The van der Waals surface area contributed by atoms with E-state index in [2.05, 4.69) is 5.32 Å². The zero-order valence-corrected chi connectivity index (χ0v) is 10.5. The second-order valence-electron chi connectivity index (χ2n) is 4.22. The van der Waals surface area contributed by atoms with Gasteiger partial charge in [0.2, 0.25) is 5.91 Å². The molecular weight excluding hydrogens is 257 g/mol. The Hall–Kier alpha value is -1.56. The van der Waals surface area contributed by atoms with Gasteiger partial charge in [0.1, 0.15) is 0 Å². The number of halogens is 3. The molecule has 3 N–H and O–H groups in total. The lowest BCUT2D eigenvalue weighted by molar-refractivity contribution is -0.137. The van der Waals surface area contributed by atoms with Crippen molar-refractivity contribution in [3.8, 4) is 0 Å². The van der Waals surface area contributed by atoms with Gasteiger partial charge in [-0.25, -0.2) is 0 Å². The van der Waals surface area contributed by atoms with Gasteiger partial charge in [-0.2, -0.15) is 13.2 Å². The molecule has 0 saturated heterocycles. The summed E-state index contributed by atoms with van der Waals surface area (Å²) in [6.45, 7) is 1.05. The Bertz CT molecular complexity index is 419. The van der Waals surface area contributed by atoms with Crippen LogP contribution < -0.4 is 11.1 Å². The number of alkyl halides is 3. The van der Waals surface area contributed by atoms with Crippen LogP contribution in [0.1, 0.15) is 24.0 Å². The Balaban J connectivity index is 2.50. The van der Waals surface area contributed by atoms with Crippen LogP contribution in [0.25, 0.3) is 0 Å². The molecule has 0 heterocycles. The molecule has 0 bridgehead atoms. The SMILES string of the molecule is NCCCCNC(=O)Cc1cccc(C(F)(F)F)c1. The van der Waals surface area contributed by atoms with E-state index >= 15 is 0 Å². The molecule has 1 aromatic rings. The van der Waals surface area contributed by atoms with E-state index in [9.17, 15) is 18.0 Å². The van der Waals surface area contributed by atoms with E-state index in [0.717, 1.165) is 25.0 Å². The molecule has 0 fully saturated rings. The van der Waals surface area contributed by atoms with Crippen molar-refractivity contribution in [2.75, 3.05) is 13.1 Å². The number of benzene rings is 1. The van der Waals surface area contributed by atoms with Crippen molar-refractivity contribution in [2.24, 2.45) is 5.73 Å². The van der Waals surface area contributed by atoms with Crippen LogP contribution >= 0.6 is 0 Å². The van der Waals surface area contributed by atoms with Gasteiger partial charge in [-0.3, -0.25) is 4.79 Å². The first kappa shape index (κ1) is 15.5. The lowest BCUT2D eigenvalue weighted by Crippen LogP contribution is -2.26. The number of unbranched alkanes of at least 4 members (excludes halogenated alkanes) is 1. The van der Waals surface area contributed by atoms with Gasteiger partial charge < -0.3 is 11.1 Å². The minimum atomic E-state index is -4.38. The molecule has 1 amide bonds. The fraction of sp³-hybridized carbons (Fsp3) is 0.462. The molecule has 6 heteroatoms. The summed E-state index contributed by atoms with van der Waals surface area (Å²) in [7, 11) is 0. The maximum absolute atomic E-state index is 12.5. The normalized spacial score (nSPS) is 11.4. The number of nitrogens with two attached hydrogens (primary N) is 1. The van der Waals surface area contributed by atoms with Crippen LogP contribution in [0.3, 0.4) is 0 Å². The fourth-order valence-corrected chi connectivity index (χ4v) is 1.60. The molecule has 0 saturated carbocycles. The zero-order valence-electron chi connectivity index (χ0n) is 10.5. The molecule has 0 aliphatic rings. The minimum absolute atomic E-state index is 0.0491. The zero-order chi connectivity index (χ0) is 14.3. The second kappa shape index (κ2) is 7.13. The van der Waals surface area contributed by atoms with E-state index in [1.54, 1.807) is 0 Å². The average molecular weight is 274 g/mol. The lowest BCUT2D eigenvalue weighted by atomic mass is 10.1. The largest absolute Gasteiger partial charge is 0.416 e. The molecule has 0 aromatic heterocycles. The smallest absolute Gasteiger partial charge is 0.356 e. The molecule has 0 radical (unpaired) electrons. The quantitative estimate of drug-likeness (QED) is 0.781. The molecule has 19 heavy (non-hydrogen) atoms. The number of hydrogen-bond acceptors (Lipinski definition) is 2. The Morgan fingerprint density at radius 3 is 2.63 bits per heavy atom. The lowest BCUT2D eigenvalue weighted by Gasteiger charge is -2.09. The highest BCUT2D eigenvalue weighted by molar-refractivity contribution is 5.78. The minimum Gasteiger partial charge on any atom is -0.356 e. The molecule has 1 aromatic carbocycles. The summed E-state index contributed by atoms with van der Waals surface area (Å²) in [4.78, 5) is 11.5. The summed E-state index contributed by atoms with van der Waals surface area (Å²) in [6.07, 6.45) is -2.85. The number of hydrogen-bond donors (Lipinski definition) is 2. The van der Waals surface area contributed by atoms with E-state index in [4.69, 9.17) is 5.73 Å². The molecule has 0 aliphatic carbocycles. The van der Waals surface area contributed by atoms with Crippen LogP contribution in [-0.4, -0.2) is 19.0 Å². The van der Waals surface area contributed by atoms with Gasteiger partial charge in [0.15, 0.2) is 0 Å². The number of amides is 1. The van der Waals surface area contributed by atoms with Crippen molar-refractivity contribution in [2.45, 2.75) is 25.4 Å². The van der Waals surface area contributed by atoms with E-state index in [1.165, 1.54) is 12.1 Å². The number of carbonyl (C=O) groups excluding carboxylic acids is 1.